The van der Waals surface area contributed by atoms with Crippen molar-refractivity contribution in [3.63, 3.8) is 0 Å². The highest BCUT2D eigenvalue weighted by Gasteiger charge is 2.30. The molecule has 0 aliphatic carbocycles. The minimum atomic E-state index is 0.0563. The van der Waals surface area contributed by atoms with Crippen LogP contribution in [0.1, 0.15) is 24.8 Å². The van der Waals surface area contributed by atoms with Gasteiger partial charge in [-0.3, -0.25) is 9.59 Å². The van der Waals surface area contributed by atoms with Crippen LogP contribution in [0.25, 0.3) is 10.9 Å². The van der Waals surface area contributed by atoms with Gasteiger partial charge in [-0.1, -0.05) is 18.2 Å². The molecule has 6 heteroatoms. The maximum atomic E-state index is 12.6. The average Bonchev–Trinajstić information content (AvgIpc) is 3.15. The van der Waals surface area contributed by atoms with Crippen molar-refractivity contribution in [2.75, 3.05) is 39.4 Å². The fraction of sp³-hybridized carbons (Fsp3) is 0.524. The number of piperidine rings is 1. The molecule has 2 aromatic rings. The number of H-pyrrole nitrogens is 1. The van der Waals surface area contributed by atoms with E-state index in [-0.39, 0.29) is 17.7 Å². The summed E-state index contributed by atoms with van der Waals surface area (Å²) in [5.74, 6) is 0.488. The lowest BCUT2D eigenvalue weighted by molar-refractivity contribution is -0.143. The number of fused-ring (bicyclic) bond motifs is 1. The van der Waals surface area contributed by atoms with Gasteiger partial charge in [0.05, 0.1) is 13.2 Å². The van der Waals surface area contributed by atoms with Crippen molar-refractivity contribution >= 4 is 22.7 Å². The molecule has 0 bridgehead atoms. The number of morpholine rings is 1. The molecule has 0 atom stereocenters. The molecule has 0 saturated carbocycles. The van der Waals surface area contributed by atoms with E-state index in [2.05, 4.69) is 17.1 Å². The number of amides is 2. The lowest BCUT2D eigenvalue weighted by Crippen LogP contribution is -2.47. The molecule has 1 aromatic heterocycles. The molecule has 2 fully saturated rings. The Balaban J connectivity index is 1.26. The van der Waals surface area contributed by atoms with Crippen molar-refractivity contribution < 1.29 is 14.3 Å². The Hall–Kier alpha value is -2.34. The molecule has 0 radical (unpaired) electrons. The molecule has 0 spiro atoms. The van der Waals surface area contributed by atoms with Gasteiger partial charge in [0.25, 0.3) is 0 Å². The van der Waals surface area contributed by atoms with Crippen molar-refractivity contribution in [1.29, 1.82) is 0 Å². The first-order chi connectivity index (χ1) is 13.2. The van der Waals surface area contributed by atoms with Crippen molar-refractivity contribution in [3.05, 3.63) is 36.0 Å². The van der Waals surface area contributed by atoms with Crippen molar-refractivity contribution in [3.8, 4) is 0 Å². The Morgan fingerprint density at radius 1 is 1.04 bits per heavy atom. The molecule has 4 rings (SSSR count). The van der Waals surface area contributed by atoms with Crippen molar-refractivity contribution in [1.82, 2.24) is 14.8 Å². The van der Waals surface area contributed by atoms with Crippen LogP contribution in [0.4, 0.5) is 0 Å². The van der Waals surface area contributed by atoms with Gasteiger partial charge in [0.2, 0.25) is 11.8 Å². The summed E-state index contributed by atoms with van der Waals surface area (Å²) < 4.78 is 5.32. The van der Waals surface area contributed by atoms with Gasteiger partial charge in [-0.2, -0.15) is 0 Å². The van der Waals surface area contributed by atoms with Gasteiger partial charge in [-0.15, -0.1) is 0 Å². The van der Waals surface area contributed by atoms with E-state index in [4.69, 9.17) is 4.74 Å². The van der Waals surface area contributed by atoms with Crippen LogP contribution >= 0.6 is 0 Å². The Morgan fingerprint density at radius 2 is 1.78 bits per heavy atom. The van der Waals surface area contributed by atoms with Crippen LogP contribution < -0.4 is 0 Å². The van der Waals surface area contributed by atoms with E-state index in [1.54, 1.807) is 0 Å². The van der Waals surface area contributed by atoms with Gasteiger partial charge >= 0.3 is 0 Å². The number of carbonyl (C=O) groups is 2. The maximum Gasteiger partial charge on any atom is 0.225 e. The molecule has 1 N–H and O–H groups in total. The minimum absolute atomic E-state index is 0.0563. The second-order valence-corrected chi connectivity index (χ2v) is 7.45. The number of ether oxygens (including phenoxy) is 1. The number of nitrogens with zero attached hydrogens (tertiary/aromatic N) is 2. The third kappa shape index (κ3) is 4.00. The van der Waals surface area contributed by atoms with Crippen molar-refractivity contribution in [2.45, 2.75) is 25.7 Å². The predicted molar refractivity (Wildman–Crippen MR) is 103 cm³/mol. The summed E-state index contributed by atoms with van der Waals surface area (Å²) in [5.41, 5.74) is 2.30. The largest absolute Gasteiger partial charge is 0.378 e. The van der Waals surface area contributed by atoms with Crippen LogP contribution in [0, 0.1) is 5.92 Å². The van der Waals surface area contributed by atoms with Gasteiger partial charge in [-0.25, -0.2) is 0 Å². The van der Waals surface area contributed by atoms with Gasteiger partial charge in [0, 0.05) is 55.6 Å². The summed E-state index contributed by atoms with van der Waals surface area (Å²) in [6, 6.07) is 8.18. The molecular weight excluding hydrogens is 342 g/mol. The number of para-hydroxylation sites is 1. The molecule has 6 nitrogen and oxygen atoms in total. The first-order valence-electron chi connectivity index (χ1n) is 9.91. The zero-order chi connectivity index (χ0) is 18.6. The Kier molecular flexibility index (Phi) is 5.43. The van der Waals surface area contributed by atoms with E-state index in [1.807, 2.05) is 28.1 Å². The second kappa shape index (κ2) is 8.13. The van der Waals surface area contributed by atoms with Crippen LogP contribution in [0.5, 0.6) is 0 Å². The van der Waals surface area contributed by atoms with E-state index in [9.17, 15) is 9.59 Å². The Morgan fingerprint density at radius 3 is 2.56 bits per heavy atom. The summed E-state index contributed by atoms with van der Waals surface area (Å²) in [7, 11) is 0. The highest BCUT2D eigenvalue weighted by Crippen LogP contribution is 2.23. The fourth-order valence-electron chi connectivity index (χ4n) is 4.16. The standard InChI is InChI=1S/C21H27N3O3/c25-20(6-5-17-15-22-19-4-2-1-3-18(17)19)23-9-7-16(8-10-23)21(26)24-11-13-27-14-12-24/h1-4,15-16,22H,5-14H2. The second-order valence-electron chi connectivity index (χ2n) is 7.45. The van der Waals surface area contributed by atoms with E-state index >= 15 is 0 Å². The number of aryl methyl sites for hydroxylation is 1. The lowest BCUT2D eigenvalue weighted by atomic mass is 9.94. The molecule has 2 saturated heterocycles. The summed E-state index contributed by atoms with van der Waals surface area (Å²) in [4.78, 5) is 32.3. The summed E-state index contributed by atoms with van der Waals surface area (Å²) in [6.07, 6.45) is 4.81. The van der Waals surface area contributed by atoms with E-state index in [0.29, 0.717) is 45.8 Å². The van der Waals surface area contributed by atoms with Gasteiger partial charge in [0.15, 0.2) is 0 Å². The van der Waals surface area contributed by atoms with Crippen LogP contribution in [-0.2, 0) is 20.7 Å². The number of nitrogens with one attached hydrogen (secondary N) is 1. The summed E-state index contributed by atoms with van der Waals surface area (Å²) in [5, 5.41) is 1.19. The Labute approximate surface area is 159 Å². The molecule has 1 aromatic carbocycles. The SMILES string of the molecule is O=C(CCc1c[nH]c2ccccc12)N1CCC(C(=O)N2CCOCC2)CC1. The zero-order valence-electron chi connectivity index (χ0n) is 15.7. The molecule has 3 heterocycles. The van der Waals surface area contributed by atoms with Crippen LogP contribution in [0.3, 0.4) is 0 Å². The number of hydrogen-bond donors (Lipinski definition) is 1. The van der Waals surface area contributed by atoms with E-state index < -0.39 is 0 Å². The van der Waals surface area contributed by atoms with Crippen molar-refractivity contribution in [2.24, 2.45) is 5.92 Å². The average molecular weight is 369 g/mol. The molecule has 2 aliphatic heterocycles. The number of likely N-dealkylation sites (tertiary alicyclic amines) is 1. The molecule has 144 valence electrons. The quantitative estimate of drug-likeness (QED) is 0.899. The van der Waals surface area contributed by atoms with E-state index in [1.165, 1.54) is 10.9 Å². The number of aromatic nitrogens is 1. The fourth-order valence-corrected chi connectivity index (χ4v) is 4.16. The summed E-state index contributed by atoms with van der Waals surface area (Å²) in [6.45, 7) is 4.04. The molecule has 0 unspecified atom stereocenters. The molecular formula is C21H27N3O3. The third-order valence-electron chi connectivity index (χ3n) is 5.80. The van der Waals surface area contributed by atoms with Crippen LogP contribution in [0.15, 0.2) is 30.5 Å². The maximum absolute atomic E-state index is 12.6. The topological polar surface area (TPSA) is 65.6 Å². The summed E-state index contributed by atoms with van der Waals surface area (Å²) >= 11 is 0. The molecule has 27 heavy (non-hydrogen) atoms. The van der Waals surface area contributed by atoms with Gasteiger partial charge < -0.3 is 19.5 Å². The van der Waals surface area contributed by atoms with Gasteiger partial charge in [0.1, 0.15) is 0 Å². The first kappa shape index (κ1) is 18.0. The van der Waals surface area contributed by atoms with Crippen LogP contribution in [-0.4, -0.2) is 66.0 Å². The molecule has 2 amide bonds. The predicted octanol–water partition coefficient (Wildman–Crippen LogP) is 2.20. The monoisotopic (exact) mass is 369 g/mol. The highest BCUT2D eigenvalue weighted by molar-refractivity contribution is 5.84. The number of hydrogen-bond acceptors (Lipinski definition) is 3. The number of aromatic amines is 1. The third-order valence-corrected chi connectivity index (χ3v) is 5.80. The smallest absolute Gasteiger partial charge is 0.225 e. The Bertz CT molecular complexity index is 802. The van der Waals surface area contributed by atoms with Gasteiger partial charge in [-0.05, 0) is 30.9 Å². The molecule has 2 aliphatic rings. The normalized spacial score (nSPS) is 18.8. The lowest BCUT2D eigenvalue weighted by Gasteiger charge is -2.35. The highest BCUT2D eigenvalue weighted by atomic mass is 16.5. The minimum Gasteiger partial charge on any atom is -0.378 e. The number of benzene rings is 1. The number of rotatable bonds is 4. The first-order valence-corrected chi connectivity index (χ1v) is 9.91. The van der Waals surface area contributed by atoms with Crippen LogP contribution in [0.2, 0.25) is 0 Å². The van der Waals surface area contributed by atoms with E-state index in [0.717, 1.165) is 24.8 Å². The zero-order valence-corrected chi connectivity index (χ0v) is 15.7. The number of carbonyl (C=O) groups excluding carboxylic acids is 2.